The summed E-state index contributed by atoms with van der Waals surface area (Å²) in [4.78, 5) is 32.6. The maximum absolute atomic E-state index is 15.2. The Morgan fingerprint density at radius 3 is 2.50 bits per heavy atom. The zero-order valence-corrected chi connectivity index (χ0v) is 20.3. The maximum atomic E-state index is 15.2. The van der Waals surface area contributed by atoms with Gasteiger partial charge >= 0.3 is 5.88 Å². The van der Waals surface area contributed by atoms with Crippen LogP contribution in [-0.4, -0.2) is 47.1 Å². The van der Waals surface area contributed by atoms with Crippen LogP contribution in [0, 0.1) is 15.9 Å². The molecule has 1 aliphatic heterocycles. The number of ether oxygens (including phenoxy) is 1. The molecule has 0 saturated carbocycles. The lowest BCUT2D eigenvalue weighted by Gasteiger charge is -2.29. The number of carbonyl (C=O) groups excluding carboxylic acids is 1. The van der Waals surface area contributed by atoms with Crippen molar-refractivity contribution in [1.29, 1.82) is 0 Å². The summed E-state index contributed by atoms with van der Waals surface area (Å²) in [6.45, 7) is 3.57. The number of morpholine rings is 1. The van der Waals surface area contributed by atoms with E-state index in [1.807, 2.05) is 4.90 Å². The number of furan rings is 1. The summed E-state index contributed by atoms with van der Waals surface area (Å²) >= 11 is 0. The molecule has 0 unspecified atom stereocenters. The lowest BCUT2D eigenvalue weighted by Crippen LogP contribution is -2.36. The molecule has 0 aliphatic carbocycles. The van der Waals surface area contributed by atoms with Gasteiger partial charge in [0.1, 0.15) is 22.3 Å². The van der Waals surface area contributed by atoms with Gasteiger partial charge in [-0.25, -0.2) is 14.4 Å². The molecule has 2 aromatic carbocycles. The Morgan fingerprint density at radius 2 is 1.82 bits per heavy atom. The van der Waals surface area contributed by atoms with Crippen molar-refractivity contribution in [3.05, 3.63) is 76.0 Å². The van der Waals surface area contributed by atoms with Crippen molar-refractivity contribution in [2.75, 3.05) is 41.8 Å². The molecule has 11 nitrogen and oxygen atoms in total. The number of hydrogen-bond acceptors (Lipinski definition) is 9. The van der Waals surface area contributed by atoms with E-state index >= 15 is 4.39 Å². The van der Waals surface area contributed by atoms with Gasteiger partial charge in [0.15, 0.2) is 5.82 Å². The van der Waals surface area contributed by atoms with Crippen molar-refractivity contribution in [3.8, 4) is 0 Å². The second-order valence-electron chi connectivity index (χ2n) is 8.50. The molecule has 0 radical (unpaired) electrons. The molecule has 12 heteroatoms. The largest absolute Gasteiger partial charge is 0.433 e. The van der Waals surface area contributed by atoms with E-state index in [4.69, 9.17) is 9.15 Å². The average molecular weight is 519 g/mol. The molecule has 1 aliphatic rings. The quantitative estimate of drug-likeness (QED) is 0.256. The summed E-state index contributed by atoms with van der Waals surface area (Å²) in [5.74, 6) is -0.0535. The Bertz CT molecular complexity index is 1530. The molecule has 5 rings (SSSR count). The summed E-state index contributed by atoms with van der Waals surface area (Å²) in [5.41, 5.74) is 2.13. The number of hydrogen-bond donors (Lipinski definition) is 2. The zero-order chi connectivity index (χ0) is 26.6. The van der Waals surface area contributed by atoms with E-state index in [1.165, 1.54) is 37.3 Å². The van der Waals surface area contributed by atoms with Gasteiger partial charge in [-0.2, -0.15) is 0 Å². The van der Waals surface area contributed by atoms with Crippen LogP contribution in [-0.2, 0) is 9.53 Å². The first-order valence-electron chi connectivity index (χ1n) is 11.8. The first-order valence-corrected chi connectivity index (χ1v) is 11.8. The Labute approximate surface area is 216 Å². The van der Waals surface area contributed by atoms with Gasteiger partial charge in [0.25, 0.3) is 0 Å². The van der Waals surface area contributed by atoms with E-state index in [9.17, 15) is 14.9 Å². The zero-order valence-electron chi connectivity index (χ0n) is 20.3. The van der Waals surface area contributed by atoms with E-state index in [2.05, 4.69) is 20.6 Å². The van der Waals surface area contributed by atoms with Crippen molar-refractivity contribution in [2.45, 2.75) is 6.92 Å². The molecule has 4 aromatic rings. The third-order valence-corrected chi connectivity index (χ3v) is 5.79. The normalized spacial score (nSPS) is 13.7. The minimum Gasteiger partial charge on any atom is -0.401 e. The number of rotatable bonds is 7. The molecule has 1 saturated heterocycles. The van der Waals surface area contributed by atoms with Crippen molar-refractivity contribution in [2.24, 2.45) is 0 Å². The first kappa shape index (κ1) is 24.8. The van der Waals surface area contributed by atoms with Crippen LogP contribution in [0.4, 0.5) is 33.2 Å². The molecule has 1 fully saturated rings. The monoisotopic (exact) mass is 518 g/mol. The van der Waals surface area contributed by atoms with Gasteiger partial charge in [0.05, 0.1) is 30.5 Å². The molecule has 0 bridgehead atoms. The second-order valence-corrected chi connectivity index (χ2v) is 8.50. The van der Waals surface area contributed by atoms with Crippen molar-refractivity contribution >= 4 is 57.7 Å². The number of anilines is 4. The number of halogens is 1. The molecule has 194 valence electrons. The van der Waals surface area contributed by atoms with Gasteiger partial charge in [-0.1, -0.05) is 0 Å². The third kappa shape index (κ3) is 5.60. The lowest BCUT2D eigenvalue weighted by atomic mass is 10.1. The standard InChI is InChI=1S/C26H23FN6O5/c1-16(34)28-17-2-4-18(5-3-17)29-26-20-14-23(32-10-12-37-13-11-32)21(27)15-22(20)30-24(31-26)8-6-19-7-9-25(38-19)33(35)36/h2-9,14-15H,10-13H2,1H3,(H,28,34)(H,29,30,31). The topological polar surface area (TPSA) is 136 Å². The van der Waals surface area contributed by atoms with Crippen LogP contribution in [0.5, 0.6) is 0 Å². The molecule has 0 atom stereocenters. The van der Waals surface area contributed by atoms with Gasteiger partial charge in [-0.3, -0.25) is 14.9 Å². The fourth-order valence-electron chi connectivity index (χ4n) is 4.04. The summed E-state index contributed by atoms with van der Waals surface area (Å²) in [6, 6.07) is 12.8. The fourth-order valence-corrected chi connectivity index (χ4v) is 4.04. The van der Waals surface area contributed by atoms with Crippen LogP contribution in [0.15, 0.2) is 52.9 Å². The molecular weight excluding hydrogens is 495 g/mol. The molecule has 0 spiro atoms. The number of nitro groups is 1. The van der Waals surface area contributed by atoms with Gasteiger partial charge in [0, 0.05) is 42.8 Å². The number of aromatic nitrogens is 2. The molecular formula is C26H23FN6O5. The number of fused-ring (bicyclic) bond motifs is 1. The summed E-state index contributed by atoms with van der Waals surface area (Å²) in [5, 5.41) is 17.5. The molecule has 3 heterocycles. The van der Waals surface area contributed by atoms with Crippen molar-refractivity contribution < 1.29 is 23.3 Å². The van der Waals surface area contributed by atoms with Crippen molar-refractivity contribution in [3.63, 3.8) is 0 Å². The predicted octanol–water partition coefficient (Wildman–Crippen LogP) is 4.98. The van der Waals surface area contributed by atoms with Gasteiger partial charge in [-0.15, -0.1) is 0 Å². The number of nitrogens with zero attached hydrogens (tertiary/aromatic N) is 4. The third-order valence-electron chi connectivity index (χ3n) is 5.79. The van der Waals surface area contributed by atoms with Gasteiger partial charge in [0.2, 0.25) is 5.91 Å². The van der Waals surface area contributed by atoms with Gasteiger partial charge < -0.3 is 24.7 Å². The lowest BCUT2D eigenvalue weighted by molar-refractivity contribution is -0.402. The van der Waals surface area contributed by atoms with E-state index < -0.39 is 10.7 Å². The van der Waals surface area contributed by atoms with E-state index in [0.717, 1.165) is 0 Å². The smallest absolute Gasteiger partial charge is 0.401 e. The molecule has 1 amide bonds. The highest BCUT2D eigenvalue weighted by atomic mass is 19.1. The fraction of sp³-hybridized carbons (Fsp3) is 0.192. The van der Waals surface area contributed by atoms with Crippen LogP contribution in [0.3, 0.4) is 0 Å². The second kappa shape index (κ2) is 10.6. The van der Waals surface area contributed by atoms with Crippen LogP contribution in [0.25, 0.3) is 23.1 Å². The predicted molar refractivity (Wildman–Crippen MR) is 141 cm³/mol. The number of carbonyl (C=O) groups is 1. The summed E-state index contributed by atoms with van der Waals surface area (Å²) in [6.07, 6.45) is 3.03. The summed E-state index contributed by atoms with van der Waals surface area (Å²) in [7, 11) is 0. The van der Waals surface area contributed by atoms with Crippen LogP contribution in [0.2, 0.25) is 0 Å². The number of nitrogens with one attached hydrogen (secondary N) is 2. The van der Waals surface area contributed by atoms with Crippen molar-refractivity contribution in [1.82, 2.24) is 9.97 Å². The Hall–Kier alpha value is -4.84. The van der Waals surface area contributed by atoms with E-state index in [0.29, 0.717) is 60.1 Å². The van der Waals surface area contributed by atoms with E-state index in [-0.39, 0.29) is 23.4 Å². The molecule has 2 N–H and O–H groups in total. The highest BCUT2D eigenvalue weighted by Gasteiger charge is 2.19. The Morgan fingerprint density at radius 1 is 1.08 bits per heavy atom. The number of amides is 1. The van der Waals surface area contributed by atoms with Gasteiger partial charge in [-0.05, 0) is 48.6 Å². The molecule has 2 aromatic heterocycles. The highest BCUT2D eigenvalue weighted by Crippen LogP contribution is 2.32. The maximum Gasteiger partial charge on any atom is 0.433 e. The SMILES string of the molecule is CC(=O)Nc1ccc(Nc2nc(C=Cc3ccc([N+](=O)[O-])o3)nc3cc(F)c(N4CCOCC4)cc23)cc1. The summed E-state index contributed by atoms with van der Waals surface area (Å²) < 4.78 is 25.7. The van der Waals surface area contributed by atoms with Crippen LogP contribution >= 0.6 is 0 Å². The Kier molecular flexibility index (Phi) is 6.96. The number of benzene rings is 2. The minimum absolute atomic E-state index is 0.177. The van der Waals surface area contributed by atoms with Crippen LogP contribution < -0.4 is 15.5 Å². The Balaban J connectivity index is 1.53. The van der Waals surface area contributed by atoms with E-state index in [1.54, 1.807) is 30.3 Å². The highest BCUT2D eigenvalue weighted by molar-refractivity contribution is 5.94. The first-order chi connectivity index (χ1) is 18.4. The average Bonchev–Trinajstić information content (AvgIpc) is 3.38. The minimum atomic E-state index is -0.627. The van der Waals surface area contributed by atoms with Crippen LogP contribution in [0.1, 0.15) is 18.5 Å². The molecule has 38 heavy (non-hydrogen) atoms.